The van der Waals surface area contributed by atoms with Gasteiger partial charge in [-0.25, -0.2) is 0 Å². The average molecular weight is 435 g/mol. The van der Waals surface area contributed by atoms with Crippen molar-refractivity contribution in [3.63, 3.8) is 0 Å². The van der Waals surface area contributed by atoms with Gasteiger partial charge >= 0.3 is 6.18 Å². The molecule has 1 aliphatic rings. The molecule has 0 bridgehead atoms. The van der Waals surface area contributed by atoms with Crippen LogP contribution in [0.25, 0.3) is 11.1 Å². The minimum absolute atomic E-state index is 0.360. The van der Waals surface area contributed by atoms with Gasteiger partial charge in [-0.05, 0) is 62.9 Å². The van der Waals surface area contributed by atoms with Crippen LogP contribution in [0.5, 0.6) is 5.75 Å². The summed E-state index contributed by atoms with van der Waals surface area (Å²) in [5, 5.41) is 6.96. The number of hydrogen-bond acceptors (Lipinski definition) is 4. The van der Waals surface area contributed by atoms with Gasteiger partial charge in [0.05, 0.1) is 6.61 Å². The Kier molecular flexibility index (Phi) is 7.73. The fourth-order valence-electron chi connectivity index (χ4n) is 4.01. The molecule has 168 valence electrons. The Balaban J connectivity index is 1.74. The van der Waals surface area contributed by atoms with Crippen LogP contribution in [0.15, 0.2) is 42.5 Å². The Labute approximate surface area is 181 Å². The van der Waals surface area contributed by atoms with E-state index in [1.54, 1.807) is 12.1 Å². The van der Waals surface area contributed by atoms with Gasteiger partial charge in [0, 0.05) is 29.8 Å². The lowest BCUT2D eigenvalue weighted by Crippen LogP contribution is -2.38. The molecule has 2 N–H and O–H groups in total. The summed E-state index contributed by atoms with van der Waals surface area (Å²) in [6, 6.07) is 12.4. The van der Waals surface area contributed by atoms with Crippen LogP contribution >= 0.6 is 0 Å². The molecule has 0 aliphatic heterocycles. The maximum Gasteiger partial charge on any atom is 0.454 e. The molecule has 0 aromatic heterocycles. The zero-order chi connectivity index (χ0) is 22.4. The molecule has 0 spiro atoms. The molecule has 31 heavy (non-hydrogen) atoms. The monoisotopic (exact) mass is 434 g/mol. The fourth-order valence-corrected chi connectivity index (χ4v) is 4.01. The number of ether oxygens (including phenoxy) is 1. The molecule has 4 nitrogen and oxygen atoms in total. The first-order valence-corrected chi connectivity index (χ1v) is 10.7. The fraction of sp³-hybridized carbons (Fsp3) is 0.458. The smallest absolute Gasteiger partial charge is 0.454 e. The highest BCUT2D eigenvalue weighted by Gasteiger charge is 2.39. The summed E-state index contributed by atoms with van der Waals surface area (Å²) in [5.74, 6) is -1.03. The van der Waals surface area contributed by atoms with Crippen LogP contribution in [0.3, 0.4) is 0 Å². The molecule has 2 aromatic rings. The Morgan fingerprint density at radius 1 is 1.00 bits per heavy atom. The van der Waals surface area contributed by atoms with E-state index in [-0.39, 0.29) is 5.56 Å². The lowest BCUT2D eigenvalue weighted by molar-refractivity contribution is -0.0885. The van der Waals surface area contributed by atoms with Gasteiger partial charge in [-0.3, -0.25) is 4.79 Å². The summed E-state index contributed by atoms with van der Waals surface area (Å²) in [6.45, 7) is 3.14. The van der Waals surface area contributed by atoms with Crippen LogP contribution in [0.2, 0.25) is 0 Å². The molecule has 1 aliphatic carbocycles. The summed E-state index contributed by atoms with van der Waals surface area (Å²) in [6.07, 6.45) is -0.343. The van der Waals surface area contributed by atoms with Crippen LogP contribution in [-0.4, -0.2) is 37.7 Å². The summed E-state index contributed by atoms with van der Waals surface area (Å²) in [4.78, 5) is 11.4. The molecule has 3 rings (SSSR count). The van der Waals surface area contributed by atoms with Gasteiger partial charge < -0.3 is 15.4 Å². The van der Waals surface area contributed by atoms with Crippen molar-refractivity contribution in [2.24, 2.45) is 0 Å². The highest BCUT2D eigenvalue weighted by Crippen LogP contribution is 2.29. The molecular weight excluding hydrogens is 405 g/mol. The molecule has 0 unspecified atom stereocenters. The van der Waals surface area contributed by atoms with E-state index in [2.05, 4.69) is 10.6 Å². The van der Waals surface area contributed by atoms with Gasteiger partial charge in [0.25, 0.3) is 5.78 Å². The van der Waals surface area contributed by atoms with Gasteiger partial charge in [-0.1, -0.05) is 30.3 Å². The Morgan fingerprint density at radius 2 is 1.61 bits per heavy atom. The van der Waals surface area contributed by atoms with Gasteiger partial charge in [-0.2, -0.15) is 13.2 Å². The molecule has 0 atom stereocenters. The van der Waals surface area contributed by atoms with E-state index in [0.717, 1.165) is 48.1 Å². The first-order chi connectivity index (χ1) is 14.8. The number of benzene rings is 2. The second kappa shape index (κ2) is 10.3. The van der Waals surface area contributed by atoms with Crippen LogP contribution in [0, 0.1) is 0 Å². The molecular formula is C24H29F3N2O2. The van der Waals surface area contributed by atoms with Crippen LogP contribution < -0.4 is 15.4 Å². The molecule has 1 saturated carbocycles. The largest absolute Gasteiger partial charge is 0.494 e. The SMILES string of the molecule is CCOc1ccc(-c2ccc(C(=O)C(F)(F)F)cc2)cc1CNC1CCC(NC)CC1. The molecule has 7 heteroatoms. The number of hydrogen-bond donors (Lipinski definition) is 2. The minimum Gasteiger partial charge on any atom is -0.494 e. The number of ketones is 1. The number of carbonyl (C=O) groups is 1. The second-order valence-electron chi connectivity index (χ2n) is 7.88. The Morgan fingerprint density at radius 3 is 2.19 bits per heavy atom. The molecule has 0 amide bonds. The van der Waals surface area contributed by atoms with E-state index in [0.29, 0.717) is 25.2 Å². The lowest BCUT2D eigenvalue weighted by Gasteiger charge is -2.29. The topological polar surface area (TPSA) is 50.4 Å². The zero-order valence-corrected chi connectivity index (χ0v) is 17.9. The number of rotatable bonds is 8. The van der Waals surface area contributed by atoms with Crippen LogP contribution in [0.4, 0.5) is 13.2 Å². The lowest BCUT2D eigenvalue weighted by atomic mass is 9.91. The predicted octanol–water partition coefficient (Wildman–Crippen LogP) is 5.12. The molecule has 0 heterocycles. The van der Waals surface area contributed by atoms with E-state index in [1.807, 2.05) is 32.2 Å². The van der Waals surface area contributed by atoms with Crippen molar-refractivity contribution in [3.8, 4) is 16.9 Å². The quantitative estimate of drug-likeness (QED) is 0.567. The van der Waals surface area contributed by atoms with Gasteiger partial charge in [0.1, 0.15) is 5.75 Å². The van der Waals surface area contributed by atoms with Gasteiger partial charge in [-0.15, -0.1) is 0 Å². The van der Waals surface area contributed by atoms with Crippen molar-refractivity contribution in [3.05, 3.63) is 53.6 Å². The second-order valence-corrected chi connectivity index (χ2v) is 7.88. The van der Waals surface area contributed by atoms with E-state index in [9.17, 15) is 18.0 Å². The maximum absolute atomic E-state index is 12.6. The van der Waals surface area contributed by atoms with E-state index in [1.165, 1.54) is 12.1 Å². The van der Waals surface area contributed by atoms with Crippen molar-refractivity contribution in [2.75, 3.05) is 13.7 Å². The summed E-state index contributed by atoms with van der Waals surface area (Å²) in [5.41, 5.74) is 2.26. The third-order valence-electron chi connectivity index (χ3n) is 5.81. The molecule has 2 aromatic carbocycles. The maximum atomic E-state index is 12.6. The van der Waals surface area contributed by atoms with Crippen molar-refractivity contribution in [1.29, 1.82) is 0 Å². The summed E-state index contributed by atoms with van der Waals surface area (Å²) < 4.78 is 43.7. The first-order valence-electron chi connectivity index (χ1n) is 10.7. The molecule has 0 saturated heterocycles. The van der Waals surface area contributed by atoms with E-state index >= 15 is 0 Å². The van der Waals surface area contributed by atoms with Crippen LogP contribution in [0.1, 0.15) is 48.5 Å². The Bertz CT molecular complexity index is 873. The zero-order valence-electron chi connectivity index (χ0n) is 17.9. The predicted molar refractivity (Wildman–Crippen MR) is 115 cm³/mol. The Hall–Kier alpha value is -2.38. The van der Waals surface area contributed by atoms with E-state index in [4.69, 9.17) is 4.74 Å². The summed E-state index contributed by atoms with van der Waals surface area (Å²) in [7, 11) is 2.00. The van der Waals surface area contributed by atoms with E-state index < -0.39 is 12.0 Å². The summed E-state index contributed by atoms with van der Waals surface area (Å²) >= 11 is 0. The van der Waals surface area contributed by atoms with Crippen LogP contribution in [-0.2, 0) is 6.54 Å². The average Bonchev–Trinajstić information content (AvgIpc) is 2.78. The third-order valence-corrected chi connectivity index (χ3v) is 5.81. The molecule has 0 radical (unpaired) electrons. The highest BCUT2D eigenvalue weighted by atomic mass is 19.4. The highest BCUT2D eigenvalue weighted by molar-refractivity contribution is 6.00. The first kappa shape index (κ1) is 23.3. The van der Waals surface area contributed by atoms with Crippen molar-refractivity contribution >= 4 is 5.78 Å². The van der Waals surface area contributed by atoms with Crippen molar-refractivity contribution < 1.29 is 22.7 Å². The number of alkyl halides is 3. The standard InChI is InChI=1S/C24H29F3N2O2/c1-3-31-22-13-8-18(16-4-6-17(7-5-16)23(30)24(25,26)27)14-19(22)15-29-21-11-9-20(28-2)10-12-21/h4-8,13-14,20-21,28-29H,3,9-12,15H2,1-2H3. The minimum atomic E-state index is -4.87. The van der Waals surface area contributed by atoms with Gasteiger partial charge in [0.2, 0.25) is 0 Å². The number of halogens is 3. The third kappa shape index (κ3) is 6.08. The normalized spacial score (nSPS) is 19.3. The number of carbonyl (C=O) groups excluding carboxylic acids is 1. The van der Waals surface area contributed by atoms with Gasteiger partial charge in [0.15, 0.2) is 0 Å². The number of nitrogens with one attached hydrogen (secondary N) is 2. The van der Waals surface area contributed by atoms with Crippen molar-refractivity contribution in [2.45, 2.75) is 57.4 Å². The number of Topliss-reactive ketones (excluding diaryl/α,β-unsaturated/α-hetero) is 1. The molecule has 1 fully saturated rings. The van der Waals surface area contributed by atoms with Crippen molar-refractivity contribution in [1.82, 2.24) is 10.6 Å².